The van der Waals surface area contributed by atoms with Crippen molar-refractivity contribution in [3.63, 3.8) is 0 Å². The Balaban J connectivity index is 3.23. The Hall–Kier alpha value is -0.380. The van der Waals surface area contributed by atoms with Gasteiger partial charge in [0.15, 0.2) is 6.29 Å². The van der Waals surface area contributed by atoms with Gasteiger partial charge in [-0.15, -0.1) is 6.58 Å². The molecule has 0 amide bonds. The maximum Gasteiger partial charge on any atom is 0.153 e. The van der Waals surface area contributed by atoms with Crippen molar-refractivity contribution in [1.29, 1.82) is 0 Å². The summed E-state index contributed by atoms with van der Waals surface area (Å²) < 4.78 is 0. The van der Waals surface area contributed by atoms with Crippen molar-refractivity contribution >= 4 is 0 Å². The van der Waals surface area contributed by atoms with Gasteiger partial charge in [0.2, 0.25) is 0 Å². The SMILES string of the molecule is C=CC(N)CC(O)O. The molecule has 0 saturated heterocycles. The molecule has 0 heterocycles. The van der Waals surface area contributed by atoms with E-state index < -0.39 is 6.29 Å². The monoisotopic (exact) mass is 117 g/mol. The summed E-state index contributed by atoms with van der Waals surface area (Å²) in [4.78, 5) is 0. The summed E-state index contributed by atoms with van der Waals surface area (Å²) in [7, 11) is 0. The number of hydrogen-bond donors (Lipinski definition) is 3. The number of nitrogens with two attached hydrogens (primary N) is 1. The molecule has 0 rings (SSSR count). The quantitative estimate of drug-likeness (QED) is 0.335. The molecule has 0 aromatic rings. The molecule has 0 aromatic carbocycles. The van der Waals surface area contributed by atoms with Crippen molar-refractivity contribution in [3.05, 3.63) is 12.7 Å². The predicted molar refractivity (Wildman–Crippen MR) is 31.0 cm³/mol. The van der Waals surface area contributed by atoms with Crippen LogP contribution in [-0.2, 0) is 0 Å². The van der Waals surface area contributed by atoms with Gasteiger partial charge in [0.1, 0.15) is 0 Å². The van der Waals surface area contributed by atoms with Crippen molar-refractivity contribution in [2.45, 2.75) is 18.8 Å². The van der Waals surface area contributed by atoms with Crippen LogP contribution in [0.3, 0.4) is 0 Å². The molecular formula is C5H11NO2. The van der Waals surface area contributed by atoms with Crippen LogP contribution < -0.4 is 5.73 Å². The summed E-state index contributed by atoms with van der Waals surface area (Å²) in [5.41, 5.74) is 5.24. The van der Waals surface area contributed by atoms with Gasteiger partial charge in [0, 0.05) is 12.5 Å². The summed E-state index contributed by atoms with van der Waals surface area (Å²) in [6.45, 7) is 3.37. The van der Waals surface area contributed by atoms with E-state index >= 15 is 0 Å². The molecule has 0 aromatic heterocycles. The minimum absolute atomic E-state index is 0.156. The van der Waals surface area contributed by atoms with Gasteiger partial charge in [-0.05, 0) is 0 Å². The largest absolute Gasteiger partial charge is 0.368 e. The van der Waals surface area contributed by atoms with Crippen molar-refractivity contribution < 1.29 is 10.2 Å². The van der Waals surface area contributed by atoms with Crippen LogP contribution >= 0.6 is 0 Å². The van der Waals surface area contributed by atoms with Crippen LogP contribution in [-0.4, -0.2) is 22.5 Å². The van der Waals surface area contributed by atoms with E-state index in [0.717, 1.165) is 0 Å². The Bertz CT molecular complexity index is 72.8. The number of rotatable bonds is 3. The van der Waals surface area contributed by atoms with Gasteiger partial charge >= 0.3 is 0 Å². The van der Waals surface area contributed by atoms with E-state index in [1.807, 2.05) is 0 Å². The molecule has 1 atom stereocenters. The highest BCUT2D eigenvalue weighted by Crippen LogP contribution is 1.91. The summed E-state index contributed by atoms with van der Waals surface area (Å²) in [5, 5.41) is 16.6. The van der Waals surface area contributed by atoms with Gasteiger partial charge in [0.25, 0.3) is 0 Å². The van der Waals surface area contributed by atoms with Crippen LogP contribution in [0.1, 0.15) is 6.42 Å². The van der Waals surface area contributed by atoms with E-state index in [2.05, 4.69) is 6.58 Å². The predicted octanol–water partition coefficient (Wildman–Crippen LogP) is -0.799. The first kappa shape index (κ1) is 7.62. The van der Waals surface area contributed by atoms with E-state index in [1.54, 1.807) is 0 Å². The third-order valence-corrected chi connectivity index (χ3v) is 0.786. The third-order valence-electron chi connectivity index (χ3n) is 0.786. The summed E-state index contributed by atoms with van der Waals surface area (Å²) in [5.74, 6) is 0. The second-order valence-corrected chi connectivity index (χ2v) is 1.62. The van der Waals surface area contributed by atoms with E-state index in [-0.39, 0.29) is 12.5 Å². The molecule has 0 radical (unpaired) electrons. The number of hydrogen-bond acceptors (Lipinski definition) is 3. The van der Waals surface area contributed by atoms with Crippen molar-refractivity contribution in [2.75, 3.05) is 0 Å². The first-order chi connectivity index (χ1) is 3.66. The van der Waals surface area contributed by atoms with Gasteiger partial charge in [0.05, 0.1) is 0 Å². The number of aliphatic hydroxyl groups is 2. The molecule has 48 valence electrons. The molecule has 0 aliphatic carbocycles. The lowest BCUT2D eigenvalue weighted by molar-refractivity contribution is -0.0467. The van der Waals surface area contributed by atoms with Gasteiger partial charge in [-0.3, -0.25) is 0 Å². The Morgan fingerprint density at radius 3 is 2.25 bits per heavy atom. The minimum atomic E-state index is -1.32. The van der Waals surface area contributed by atoms with Gasteiger partial charge in [-0.2, -0.15) is 0 Å². The third kappa shape index (κ3) is 3.80. The normalized spacial score (nSPS) is 14.0. The van der Waals surface area contributed by atoms with Crippen molar-refractivity contribution in [1.82, 2.24) is 0 Å². The molecule has 3 heteroatoms. The van der Waals surface area contributed by atoms with Crippen LogP contribution in [0, 0.1) is 0 Å². The molecule has 0 aliphatic heterocycles. The Morgan fingerprint density at radius 1 is 1.62 bits per heavy atom. The lowest BCUT2D eigenvalue weighted by Crippen LogP contribution is -2.23. The summed E-state index contributed by atoms with van der Waals surface area (Å²) in [6, 6.07) is -0.310. The molecule has 0 bridgehead atoms. The highest BCUT2D eigenvalue weighted by Gasteiger charge is 2.01. The first-order valence-corrected chi connectivity index (χ1v) is 2.41. The smallest absolute Gasteiger partial charge is 0.153 e. The van der Waals surface area contributed by atoms with Gasteiger partial charge < -0.3 is 15.9 Å². The number of aliphatic hydroxyl groups excluding tert-OH is 1. The second-order valence-electron chi connectivity index (χ2n) is 1.62. The first-order valence-electron chi connectivity index (χ1n) is 2.41. The standard InChI is InChI=1S/C5H11NO2/c1-2-4(6)3-5(7)8/h2,4-5,7-8H,1,3,6H2. The zero-order chi connectivity index (χ0) is 6.57. The molecule has 0 spiro atoms. The van der Waals surface area contributed by atoms with Crippen LogP contribution in [0.25, 0.3) is 0 Å². The van der Waals surface area contributed by atoms with Crippen LogP contribution in [0.5, 0.6) is 0 Å². The molecule has 0 fully saturated rings. The summed E-state index contributed by atoms with van der Waals surface area (Å²) >= 11 is 0. The van der Waals surface area contributed by atoms with Gasteiger partial charge in [-0.1, -0.05) is 6.08 Å². The van der Waals surface area contributed by atoms with Crippen molar-refractivity contribution in [3.8, 4) is 0 Å². The van der Waals surface area contributed by atoms with Crippen LogP contribution in [0.4, 0.5) is 0 Å². The molecule has 3 nitrogen and oxygen atoms in total. The molecule has 0 saturated carbocycles. The lowest BCUT2D eigenvalue weighted by atomic mass is 10.2. The Morgan fingerprint density at radius 2 is 2.12 bits per heavy atom. The van der Waals surface area contributed by atoms with E-state index in [4.69, 9.17) is 15.9 Å². The van der Waals surface area contributed by atoms with E-state index in [9.17, 15) is 0 Å². The van der Waals surface area contributed by atoms with E-state index in [1.165, 1.54) is 6.08 Å². The molecule has 1 unspecified atom stereocenters. The highest BCUT2D eigenvalue weighted by atomic mass is 16.5. The lowest BCUT2D eigenvalue weighted by Gasteiger charge is -2.05. The molecule has 8 heavy (non-hydrogen) atoms. The maximum atomic E-state index is 8.28. The summed E-state index contributed by atoms with van der Waals surface area (Å²) in [6.07, 6.45) is 0.311. The molecule has 0 aliphatic rings. The average molecular weight is 117 g/mol. The van der Waals surface area contributed by atoms with Crippen LogP contribution in [0.2, 0.25) is 0 Å². The zero-order valence-corrected chi connectivity index (χ0v) is 4.62. The highest BCUT2D eigenvalue weighted by molar-refractivity contribution is 4.82. The fourth-order valence-electron chi connectivity index (χ4n) is 0.340. The molecular weight excluding hydrogens is 106 g/mol. The second kappa shape index (κ2) is 3.60. The molecule has 4 N–H and O–H groups in total. The Labute approximate surface area is 48.4 Å². The fourth-order valence-corrected chi connectivity index (χ4v) is 0.340. The fraction of sp³-hybridized carbons (Fsp3) is 0.600. The van der Waals surface area contributed by atoms with Gasteiger partial charge in [-0.25, -0.2) is 0 Å². The zero-order valence-electron chi connectivity index (χ0n) is 4.62. The maximum absolute atomic E-state index is 8.28. The average Bonchev–Trinajstić information content (AvgIpc) is 1.65. The van der Waals surface area contributed by atoms with E-state index in [0.29, 0.717) is 0 Å². The van der Waals surface area contributed by atoms with Crippen LogP contribution in [0.15, 0.2) is 12.7 Å². The minimum Gasteiger partial charge on any atom is -0.368 e. The van der Waals surface area contributed by atoms with Crippen molar-refractivity contribution in [2.24, 2.45) is 5.73 Å². The Kier molecular flexibility index (Phi) is 3.43. The topological polar surface area (TPSA) is 66.5 Å².